The van der Waals surface area contributed by atoms with Gasteiger partial charge >= 0.3 is 6.36 Å². The lowest BCUT2D eigenvalue weighted by atomic mass is 10.0. The molecular formula is C13H6F4N2O. The molecule has 0 radical (unpaired) electrons. The summed E-state index contributed by atoms with van der Waals surface area (Å²) in [6, 6.07) is 6.14. The minimum absolute atomic E-state index is 0.0361. The Morgan fingerprint density at radius 1 is 1.05 bits per heavy atom. The van der Waals surface area contributed by atoms with Crippen molar-refractivity contribution in [1.82, 2.24) is 4.98 Å². The molecule has 0 amide bonds. The van der Waals surface area contributed by atoms with Gasteiger partial charge in [-0.25, -0.2) is 4.39 Å². The Morgan fingerprint density at radius 3 is 2.40 bits per heavy atom. The summed E-state index contributed by atoms with van der Waals surface area (Å²) < 4.78 is 53.4. The second-order valence-corrected chi connectivity index (χ2v) is 3.80. The number of halogens is 4. The van der Waals surface area contributed by atoms with Gasteiger partial charge in [0.05, 0.1) is 17.8 Å². The molecular weight excluding hydrogens is 276 g/mol. The van der Waals surface area contributed by atoms with E-state index in [9.17, 15) is 17.6 Å². The van der Waals surface area contributed by atoms with Crippen molar-refractivity contribution in [3.63, 3.8) is 0 Å². The van der Waals surface area contributed by atoms with Crippen molar-refractivity contribution >= 4 is 0 Å². The summed E-state index contributed by atoms with van der Waals surface area (Å²) in [6.07, 6.45) is -2.63. The normalized spacial score (nSPS) is 10.9. The van der Waals surface area contributed by atoms with E-state index in [0.717, 1.165) is 24.4 Å². The van der Waals surface area contributed by atoms with Crippen LogP contribution >= 0.6 is 0 Å². The number of hydrogen-bond acceptors (Lipinski definition) is 3. The first kappa shape index (κ1) is 13.8. The number of rotatable bonds is 2. The third-order valence-electron chi connectivity index (χ3n) is 2.31. The largest absolute Gasteiger partial charge is 0.573 e. The van der Waals surface area contributed by atoms with E-state index in [0.29, 0.717) is 0 Å². The Morgan fingerprint density at radius 2 is 1.80 bits per heavy atom. The molecule has 1 aromatic carbocycles. The number of alkyl halides is 3. The van der Waals surface area contributed by atoms with Gasteiger partial charge in [-0.15, -0.1) is 13.2 Å². The van der Waals surface area contributed by atoms with Crippen molar-refractivity contribution in [1.29, 1.82) is 5.26 Å². The fraction of sp³-hybridized carbons (Fsp3) is 0.0769. The topological polar surface area (TPSA) is 45.9 Å². The highest BCUT2D eigenvalue weighted by Gasteiger charge is 2.31. The molecule has 0 aliphatic rings. The molecule has 0 bridgehead atoms. The third kappa shape index (κ3) is 3.45. The Hall–Kier alpha value is -2.62. The van der Waals surface area contributed by atoms with Gasteiger partial charge in [-0.1, -0.05) is 0 Å². The summed E-state index contributed by atoms with van der Waals surface area (Å²) >= 11 is 0. The number of nitrogens with zero attached hydrogens (tertiary/aromatic N) is 2. The fourth-order valence-electron chi connectivity index (χ4n) is 1.59. The Balaban J connectivity index is 2.49. The van der Waals surface area contributed by atoms with Gasteiger partial charge in [0.1, 0.15) is 11.6 Å². The summed E-state index contributed by atoms with van der Waals surface area (Å²) in [4.78, 5) is 3.60. The van der Waals surface area contributed by atoms with Crippen LogP contribution in [0.15, 0.2) is 36.7 Å². The monoisotopic (exact) mass is 282 g/mol. The molecule has 0 aliphatic carbocycles. The van der Waals surface area contributed by atoms with Gasteiger partial charge in [0, 0.05) is 11.8 Å². The predicted molar refractivity (Wildman–Crippen MR) is 61.0 cm³/mol. The van der Waals surface area contributed by atoms with Crippen molar-refractivity contribution < 1.29 is 22.3 Å². The molecule has 0 fully saturated rings. The van der Waals surface area contributed by atoms with Crippen LogP contribution in [0.4, 0.5) is 17.6 Å². The molecule has 2 rings (SSSR count). The molecule has 1 heterocycles. The fourth-order valence-corrected chi connectivity index (χ4v) is 1.59. The second-order valence-electron chi connectivity index (χ2n) is 3.80. The van der Waals surface area contributed by atoms with Crippen LogP contribution < -0.4 is 4.74 Å². The zero-order valence-electron chi connectivity index (χ0n) is 9.78. The van der Waals surface area contributed by atoms with E-state index in [4.69, 9.17) is 5.26 Å². The summed E-state index contributed by atoms with van der Waals surface area (Å²) in [5.74, 6) is -1.18. The number of ether oxygens (including phenoxy) is 1. The molecule has 0 N–H and O–H groups in total. The van der Waals surface area contributed by atoms with E-state index in [2.05, 4.69) is 9.72 Å². The van der Waals surface area contributed by atoms with Crippen molar-refractivity contribution in [2.24, 2.45) is 0 Å². The smallest absolute Gasteiger partial charge is 0.406 e. The third-order valence-corrected chi connectivity index (χ3v) is 2.31. The number of hydrogen-bond donors (Lipinski definition) is 0. The number of nitriles is 1. The quantitative estimate of drug-likeness (QED) is 0.790. The first-order valence-electron chi connectivity index (χ1n) is 5.29. The minimum Gasteiger partial charge on any atom is -0.406 e. The molecule has 0 aliphatic heterocycles. The van der Waals surface area contributed by atoms with Gasteiger partial charge in [0.15, 0.2) is 0 Å². The minimum atomic E-state index is -4.87. The highest BCUT2D eigenvalue weighted by atomic mass is 19.4. The van der Waals surface area contributed by atoms with Crippen LogP contribution in [0.3, 0.4) is 0 Å². The van der Waals surface area contributed by atoms with E-state index in [1.54, 1.807) is 6.07 Å². The maximum atomic E-state index is 13.1. The van der Waals surface area contributed by atoms with E-state index in [-0.39, 0.29) is 16.7 Å². The molecule has 7 heteroatoms. The maximum absolute atomic E-state index is 13.1. The van der Waals surface area contributed by atoms with Crippen LogP contribution in [0, 0.1) is 17.1 Å². The number of pyridine rings is 1. The highest BCUT2D eigenvalue weighted by Crippen LogP contribution is 2.29. The van der Waals surface area contributed by atoms with Crippen LogP contribution in [-0.4, -0.2) is 11.3 Å². The summed E-state index contributed by atoms with van der Waals surface area (Å²) in [5.41, 5.74) is 0.412. The SMILES string of the molecule is N#Cc1cc(OC(F)(F)F)cc(-c2cncc(F)c2)c1. The van der Waals surface area contributed by atoms with Gasteiger partial charge in [-0.3, -0.25) is 4.98 Å². The Bertz CT molecular complexity index is 677. The van der Waals surface area contributed by atoms with Gasteiger partial charge in [0.25, 0.3) is 0 Å². The van der Waals surface area contributed by atoms with Gasteiger partial charge < -0.3 is 4.74 Å². The Kier molecular flexibility index (Phi) is 3.57. The molecule has 0 unspecified atom stereocenters. The van der Waals surface area contributed by atoms with Crippen LogP contribution in [0.1, 0.15) is 5.56 Å². The van der Waals surface area contributed by atoms with Crippen molar-refractivity contribution in [2.75, 3.05) is 0 Å². The standard InChI is InChI=1S/C13H6F4N2O/c14-11-3-10(6-19-7-11)9-1-8(5-18)2-12(4-9)20-13(15,16)17/h1-4,6-7H. The molecule has 3 nitrogen and oxygen atoms in total. The molecule has 1 aromatic heterocycles. The molecule has 102 valence electrons. The van der Waals surface area contributed by atoms with Crippen LogP contribution in [-0.2, 0) is 0 Å². The molecule has 0 spiro atoms. The lowest BCUT2D eigenvalue weighted by Gasteiger charge is -2.11. The lowest BCUT2D eigenvalue weighted by Crippen LogP contribution is -2.17. The first-order chi connectivity index (χ1) is 9.37. The average Bonchev–Trinajstić information content (AvgIpc) is 2.36. The van der Waals surface area contributed by atoms with Gasteiger partial charge in [-0.05, 0) is 29.8 Å². The second kappa shape index (κ2) is 5.17. The number of benzene rings is 1. The molecule has 20 heavy (non-hydrogen) atoms. The summed E-state index contributed by atoms with van der Waals surface area (Å²) in [6.45, 7) is 0. The van der Waals surface area contributed by atoms with Crippen molar-refractivity contribution in [2.45, 2.75) is 6.36 Å². The van der Waals surface area contributed by atoms with E-state index >= 15 is 0 Å². The van der Waals surface area contributed by atoms with Gasteiger partial charge in [-0.2, -0.15) is 5.26 Å². The van der Waals surface area contributed by atoms with Crippen LogP contribution in [0.2, 0.25) is 0 Å². The molecule has 0 saturated heterocycles. The molecule has 0 atom stereocenters. The van der Waals surface area contributed by atoms with E-state index in [1.807, 2.05) is 0 Å². The molecule has 0 saturated carbocycles. The average molecular weight is 282 g/mol. The van der Waals surface area contributed by atoms with Crippen molar-refractivity contribution in [3.05, 3.63) is 48.0 Å². The van der Waals surface area contributed by atoms with E-state index < -0.39 is 17.9 Å². The maximum Gasteiger partial charge on any atom is 0.573 e. The first-order valence-corrected chi connectivity index (χ1v) is 5.29. The highest BCUT2D eigenvalue weighted by molar-refractivity contribution is 5.66. The molecule has 2 aromatic rings. The van der Waals surface area contributed by atoms with E-state index in [1.165, 1.54) is 12.3 Å². The lowest BCUT2D eigenvalue weighted by molar-refractivity contribution is -0.274. The summed E-state index contributed by atoms with van der Waals surface area (Å²) in [5, 5.41) is 8.81. The zero-order chi connectivity index (χ0) is 14.8. The van der Waals surface area contributed by atoms with Crippen LogP contribution in [0.25, 0.3) is 11.1 Å². The van der Waals surface area contributed by atoms with Crippen molar-refractivity contribution in [3.8, 4) is 22.9 Å². The number of aromatic nitrogens is 1. The Labute approximate surface area is 111 Å². The predicted octanol–water partition coefficient (Wildman–Crippen LogP) is 3.66. The zero-order valence-corrected chi connectivity index (χ0v) is 9.78. The summed E-state index contributed by atoms with van der Waals surface area (Å²) in [7, 11) is 0. The van der Waals surface area contributed by atoms with Crippen LogP contribution in [0.5, 0.6) is 5.75 Å². The van der Waals surface area contributed by atoms with Gasteiger partial charge in [0.2, 0.25) is 0 Å².